The second-order valence-corrected chi connectivity index (χ2v) is 7.38. The van der Waals surface area contributed by atoms with Gasteiger partial charge in [-0.3, -0.25) is 4.79 Å². The summed E-state index contributed by atoms with van der Waals surface area (Å²) < 4.78 is 43.4. The molecule has 162 valence electrons. The molecule has 10 heteroatoms. The normalized spacial score (nSPS) is 18.7. The van der Waals surface area contributed by atoms with E-state index in [4.69, 9.17) is 4.52 Å². The summed E-state index contributed by atoms with van der Waals surface area (Å²) in [5, 5.41) is 9.93. The number of alkyl halides is 3. The number of nitrogens with one attached hydrogen (secondary N) is 2. The lowest BCUT2D eigenvalue weighted by molar-refractivity contribution is -0.137. The minimum Gasteiger partial charge on any atom is -0.365 e. The molecule has 1 aliphatic rings. The van der Waals surface area contributed by atoms with Gasteiger partial charge in [0.05, 0.1) is 16.7 Å². The monoisotopic (exact) mass is 431 g/mol. The third-order valence-corrected chi connectivity index (χ3v) is 5.19. The molecule has 2 aromatic heterocycles. The molecule has 2 N–H and O–H groups in total. The summed E-state index contributed by atoms with van der Waals surface area (Å²) in [5.74, 6) is 0.777. The summed E-state index contributed by atoms with van der Waals surface area (Å²) in [6.45, 7) is 1.69. The van der Waals surface area contributed by atoms with Crippen molar-refractivity contribution in [2.75, 3.05) is 5.32 Å². The predicted molar refractivity (Wildman–Crippen MR) is 106 cm³/mol. The number of halogens is 3. The molecule has 7 nitrogen and oxygen atoms in total. The number of hydrogen-bond donors (Lipinski definition) is 2. The number of rotatable bonds is 5. The predicted octanol–water partition coefficient (Wildman–Crippen LogP) is 4.22. The van der Waals surface area contributed by atoms with Crippen molar-refractivity contribution in [2.45, 2.75) is 44.4 Å². The molecular formula is C21H20F3N5O2. The molecule has 2 heterocycles. The van der Waals surface area contributed by atoms with Gasteiger partial charge >= 0.3 is 6.18 Å². The highest BCUT2D eigenvalue weighted by Crippen LogP contribution is 2.30. The van der Waals surface area contributed by atoms with E-state index in [2.05, 4.69) is 25.8 Å². The third kappa shape index (κ3) is 4.68. The average molecular weight is 431 g/mol. The summed E-state index contributed by atoms with van der Waals surface area (Å²) >= 11 is 0. The van der Waals surface area contributed by atoms with Crippen LogP contribution in [0.4, 0.5) is 19.0 Å². The number of anilines is 1. The van der Waals surface area contributed by atoms with Crippen LogP contribution in [0.25, 0.3) is 11.5 Å². The van der Waals surface area contributed by atoms with Gasteiger partial charge in [0.15, 0.2) is 5.82 Å². The molecule has 0 unspecified atom stereocenters. The van der Waals surface area contributed by atoms with Crippen LogP contribution in [-0.4, -0.2) is 33.1 Å². The molecule has 1 aromatic carbocycles. The van der Waals surface area contributed by atoms with Gasteiger partial charge in [0.2, 0.25) is 0 Å². The molecular weight excluding hydrogens is 411 g/mol. The fourth-order valence-corrected chi connectivity index (χ4v) is 3.66. The summed E-state index contributed by atoms with van der Waals surface area (Å²) in [5.41, 5.74) is 0.138. The van der Waals surface area contributed by atoms with E-state index < -0.39 is 11.7 Å². The number of pyridine rings is 1. The summed E-state index contributed by atoms with van der Waals surface area (Å²) in [6, 6.07) is 8.88. The molecule has 1 saturated carbocycles. The van der Waals surface area contributed by atoms with Crippen molar-refractivity contribution in [3.05, 3.63) is 59.5 Å². The number of aromatic nitrogens is 3. The Labute approximate surface area is 176 Å². The average Bonchev–Trinajstić information content (AvgIpc) is 3.36. The van der Waals surface area contributed by atoms with E-state index >= 15 is 0 Å². The molecule has 0 radical (unpaired) electrons. The van der Waals surface area contributed by atoms with E-state index in [0.717, 1.165) is 31.5 Å². The first-order chi connectivity index (χ1) is 14.8. The third-order valence-electron chi connectivity index (χ3n) is 5.19. The second-order valence-electron chi connectivity index (χ2n) is 7.38. The maximum Gasteiger partial charge on any atom is 0.417 e. The van der Waals surface area contributed by atoms with Crippen LogP contribution in [0.3, 0.4) is 0 Å². The molecule has 3 aromatic rings. The van der Waals surface area contributed by atoms with Gasteiger partial charge in [-0.25, -0.2) is 4.98 Å². The number of carbonyl (C=O) groups excluding carboxylic acids is 1. The Balaban J connectivity index is 1.46. The van der Waals surface area contributed by atoms with Crippen LogP contribution >= 0.6 is 0 Å². The topological polar surface area (TPSA) is 92.9 Å². The number of benzene rings is 1. The van der Waals surface area contributed by atoms with Crippen molar-refractivity contribution in [1.82, 2.24) is 20.4 Å². The largest absolute Gasteiger partial charge is 0.417 e. The van der Waals surface area contributed by atoms with Gasteiger partial charge in [-0.05, 0) is 50.5 Å². The smallest absolute Gasteiger partial charge is 0.365 e. The Kier molecular flexibility index (Phi) is 5.62. The molecule has 31 heavy (non-hydrogen) atoms. The fourth-order valence-electron chi connectivity index (χ4n) is 3.66. The van der Waals surface area contributed by atoms with E-state index in [9.17, 15) is 18.0 Å². The van der Waals surface area contributed by atoms with Gasteiger partial charge < -0.3 is 15.2 Å². The first-order valence-electron chi connectivity index (χ1n) is 9.81. The Hall–Kier alpha value is -3.43. The number of amides is 1. The molecule has 0 aliphatic heterocycles. The maximum atomic E-state index is 13.0. The zero-order valence-electron chi connectivity index (χ0n) is 16.6. The second kappa shape index (κ2) is 8.37. The van der Waals surface area contributed by atoms with Crippen LogP contribution in [-0.2, 0) is 6.18 Å². The van der Waals surface area contributed by atoms with Crippen molar-refractivity contribution < 1.29 is 22.5 Å². The van der Waals surface area contributed by atoms with E-state index in [1.807, 2.05) is 0 Å². The van der Waals surface area contributed by atoms with Gasteiger partial charge in [0.25, 0.3) is 11.8 Å². The highest BCUT2D eigenvalue weighted by Gasteiger charge is 2.32. The molecule has 0 saturated heterocycles. The van der Waals surface area contributed by atoms with E-state index in [1.165, 1.54) is 6.07 Å². The zero-order valence-corrected chi connectivity index (χ0v) is 16.6. The van der Waals surface area contributed by atoms with Crippen LogP contribution in [0.5, 0.6) is 0 Å². The quantitative estimate of drug-likeness (QED) is 0.628. The summed E-state index contributed by atoms with van der Waals surface area (Å²) in [6.07, 6.45) is -1.26. The number of hydrogen-bond acceptors (Lipinski definition) is 6. The van der Waals surface area contributed by atoms with Crippen molar-refractivity contribution in [1.29, 1.82) is 0 Å². The SMILES string of the molecule is Cc1noc(-c2ccccc2C(=O)N[C@@H]2CCC[C@@H]2Nc2ccc(C(F)(F)F)cn2)n1. The minimum atomic E-state index is -4.43. The van der Waals surface area contributed by atoms with Crippen LogP contribution in [0, 0.1) is 6.92 Å². The van der Waals surface area contributed by atoms with E-state index in [-0.39, 0.29) is 23.9 Å². The lowest BCUT2D eigenvalue weighted by atomic mass is 10.1. The Morgan fingerprint density at radius 1 is 1.13 bits per heavy atom. The first-order valence-corrected chi connectivity index (χ1v) is 9.81. The molecule has 0 spiro atoms. The van der Waals surface area contributed by atoms with Crippen LogP contribution in [0.2, 0.25) is 0 Å². The lowest BCUT2D eigenvalue weighted by Crippen LogP contribution is -2.43. The highest BCUT2D eigenvalue weighted by molar-refractivity contribution is 6.00. The Morgan fingerprint density at radius 3 is 2.58 bits per heavy atom. The van der Waals surface area contributed by atoms with Crippen LogP contribution < -0.4 is 10.6 Å². The summed E-state index contributed by atoms with van der Waals surface area (Å²) in [4.78, 5) is 21.0. The van der Waals surface area contributed by atoms with Gasteiger partial charge in [0, 0.05) is 18.3 Å². The number of nitrogens with zero attached hydrogens (tertiary/aromatic N) is 3. The van der Waals surface area contributed by atoms with E-state index in [0.29, 0.717) is 22.8 Å². The van der Waals surface area contributed by atoms with E-state index in [1.54, 1.807) is 31.2 Å². The Morgan fingerprint density at radius 2 is 1.90 bits per heavy atom. The van der Waals surface area contributed by atoms with Crippen molar-refractivity contribution >= 4 is 11.7 Å². The van der Waals surface area contributed by atoms with Crippen LogP contribution in [0.15, 0.2) is 47.1 Å². The summed E-state index contributed by atoms with van der Waals surface area (Å²) in [7, 11) is 0. The van der Waals surface area contributed by atoms with Crippen molar-refractivity contribution in [3.8, 4) is 11.5 Å². The lowest BCUT2D eigenvalue weighted by Gasteiger charge is -2.23. The highest BCUT2D eigenvalue weighted by atomic mass is 19.4. The van der Waals surface area contributed by atoms with Gasteiger partial charge in [-0.1, -0.05) is 17.3 Å². The standard InChI is InChI=1S/C21H20F3N5O2/c1-12-26-20(31-29-12)15-6-3-2-5-14(15)19(30)28-17-8-4-7-16(17)27-18-10-9-13(11-25-18)21(22,23)24/h2-3,5-6,9-11,16-17H,4,7-8H2,1H3,(H,25,27)(H,28,30)/t16-,17+/m0/s1. The first kappa shape index (κ1) is 20.8. The van der Waals surface area contributed by atoms with Crippen molar-refractivity contribution in [3.63, 3.8) is 0 Å². The zero-order chi connectivity index (χ0) is 22.0. The Bertz CT molecular complexity index is 1070. The molecule has 1 fully saturated rings. The number of aryl methyl sites for hydroxylation is 1. The number of carbonyl (C=O) groups is 1. The molecule has 4 rings (SSSR count). The van der Waals surface area contributed by atoms with Gasteiger partial charge in [-0.15, -0.1) is 0 Å². The van der Waals surface area contributed by atoms with Gasteiger partial charge in [0.1, 0.15) is 5.82 Å². The minimum absolute atomic E-state index is 0.147. The molecule has 2 atom stereocenters. The molecule has 1 amide bonds. The van der Waals surface area contributed by atoms with Crippen LogP contribution in [0.1, 0.15) is 41.0 Å². The fraction of sp³-hybridized carbons (Fsp3) is 0.333. The maximum absolute atomic E-state index is 13.0. The van der Waals surface area contributed by atoms with Gasteiger partial charge in [-0.2, -0.15) is 18.2 Å². The van der Waals surface area contributed by atoms with Crippen molar-refractivity contribution in [2.24, 2.45) is 0 Å². The molecule has 1 aliphatic carbocycles. The molecule has 0 bridgehead atoms.